The van der Waals surface area contributed by atoms with Gasteiger partial charge in [-0.3, -0.25) is 4.99 Å². The normalized spacial score (nSPS) is 14.4. The maximum absolute atomic E-state index is 5.47. The van der Waals surface area contributed by atoms with Gasteiger partial charge in [0.05, 0.1) is 6.54 Å². The van der Waals surface area contributed by atoms with E-state index in [1.807, 2.05) is 6.07 Å². The first-order valence-corrected chi connectivity index (χ1v) is 7.87. The third kappa shape index (κ3) is 4.06. The van der Waals surface area contributed by atoms with E-state index in [4.69, 9.17) is 14.5 Å². The molecule has 0 fully saturated rings. The summed E-state index contributed by atoms with van der Waals surface area (Å²) in [6.45, 7) is 12.5. The van der Waals surface area contributed by atoms with Gasteiger partial charge < -0.3 is 20.1 Å². The summed E-state index contributed by atoms with van der Waals surface area (Å²) in [7, 11) is 0. The molecule has 0 spiro atoms. The van der Waals surface area contributed by atoms with E-state index in [1.54, 1.807) is 0 Å². The summed E-state index contributed by atoms with van der Waals surface area (Å²) < 4.78 is 10.8. The fraction of sp³-hybridized carbons (Fsp3) is 0.588. The van der Waals surface area contributed by atoms with Crippen LogP contribution in [0, 0.1) is 0 Å². The number of nitrogens with one attached hydrogen (secondary N) is 2. The zero-order chi connectivity index (χ0) is 16.2. The molecule has 1 aromatic carbocycles. The maximum Gasteiger partial charge on any atom is 0.231 e. The number of hydrogen-bond donors (Lipinski definition) is 2. The molecule has 5 nitrogen and oxygen atoms in total. The number of rotatable bonds is 5. The Bertz CT molecular complexity index is 539. The summed E-state index contributed by atoms with van der Waals surface area (Å²) in [5.74, 6) is 2.49. The average Bonchev–Trinajstić information content (AvgIpc) is 2.92. The molecule has 0 amide bonds. The zero-order valence-corrected chi connectivity index (χ0v) is 14.2. The van der Waals surface area contributed by atoms with Crippen molar-refractivity contribution in [3.8, 4) is 11.5 Å². The van der Waals surface area contributed by atoms with Crippen molar-refractivity contribution in [2.75, 3.05) is 19.9 Å². The molecule has 0 saturated carbocycles. The molecule has 0 saturated heterocycles. The van der Waals surface area contributed by atoms with E-state index >= 15 is 0 Å². The lowest BCUT2D eigenvalue weighted by atomic mass is 9.84. The standard InChI is InChI=1S/C17H27N3O2/c1-6-18-16(20-12(2)3)19-10-17(4,5)13-7-8-14-15(9-13)22-11-21-14/h7-9,12H,6,10-11H2,1-5H3,(H2,18,19,20). The Morgan fingerprint density at radius 1 is 1.27 bits per heavy atom. The molecular weight excluding hydrogens is 278 g/mol. The first-order valence-electron chi connectivity index (χ1n) is 7.87. The molecule has 1 heterocycles. The van der Waals surface area contributed by atoms with Gasteiger partial charge in [0.2, 0.25) is 6.79 Å². The summed E-state index contributed by atoms with van der Waals surface area (Å²) >= 11 is 0. The number of fused-ring (bicyclic) bond motifs is 1. The Morgan fingerprint density at radius 2 is 2.00 bits per heavy atom. The zero-order valence-electron chi connectivity index (χ0n) is 14.2. The van der Waals surface area contributed by atoms with Crippen LogP contribution < -0.4 is 20.1 Å². The molecule has 5 heteroatoms. The quantitative estimate of drug-likeness (QED) is 0.649. The molecule has 0 radical (unpaired) electrons. The van der Waals surface area contributed by atoms with Crippen LogP contribution >= 0.6 is 0 Å². The number of benzene rings is 1. The second kappa shape index (κ2) is 6.90. The van der Waals surface area contributed by atoms with Crippen LogP contribution in [0.1, 0.15) is 40.2 Å². The Balaban J connectivity index is 2.12. The maximum atomic E-state index is 5.47. The molecule has 0 unspecified atom stereocenters. The van der Waals surface area contributed by atoms with Crippen LogP contribution in [0.3, 0.4) is 0 Å². The van der Waals surface area contributed by atoms with Crippen LogP contribution in [0.25, 0.3) is 0 Å². The van der Waals surface area contributed by atoms with Crippen LogP contribution in [-0.4, -0.2) is 31.9 Å². The van der Waals surface area contributed by atoms with Gasteiger partial charge in [-0.1, -0.05) is 19.9 Å². The molecule has 0 aromatic heterocycles. The predicted molar refractivity (Wildman–Crippen MR) is 89.8 cm³/mol. The molecule has 0 atom stereocenters. The summed E-state index contributed by atoms with van der Waals surface area (Å²) in [5, 5.41) is 6.61. The van der Waals surface area contributed by atoms with Crippen molar-refractivity contribution in [1.82, 2.24) is 10.6 Å². The summed E-state index contributed by atoms with van der Waals surface area (Å²) in [6, 6.07) is 6.47. The summed E-state index contributed by atoms with van der Waals surface area (Å²) in [5.41, 5.74) is 1.11. The molecule has 1 aromatic rings. The van der Waals surface area contributed by atoms with Gasteiger partial charge in [-0.2, -0.15) is 0 Å². The number of ether oxygens (including phenoxy) is 2. The van der Waals surface area contributed by atoms with Crippen LogP contribution in [0.2, 0.25) is 0 Å². The number of nitrogens with zero attached hydrogens (tertiary/aromatic N) is 1. The van der Waals surface area contributed by atoms with Gasteiger partial charge in [0, 0.05) is 18.0 Å². The Hall–Kier alpha value is -1.91. The first kappa shape index (κ1) is 16.5. The first-order chi connectivity index (χ1) is 10.4. The summed E-state index contributed by atoms with van der Waals surface area (Å²) in [4.78, 5) is 4.72. The van der Waals surface area contributed by atoms with Crippen molar-refractivity contribution in [1.29, 1.82) is 0 Å². The predicted octanol–water partition coefficient (Wildman–Crippen LogP) is 2.66. The number of aliphatic imine (C=N–C) groups is 1. The van der Waals surface area contributed by atoms with Crippen molar-refractivity contribution in [3.05, 3.63) is 23.8 Å². The second-order valence-electron chi connectivity index (χ2n) is 6.45. The Kier molecular flexibility index (Phi) is 5.16. The van der Waals surface area contributed by atoms with Crippen molar-refractivity contribution in [2.45, 2.75) is 46.1 Å². The van der Waals surface area contributed by atoms with Crippen LogP contribution in [0.15, 0.2) is 23.2 Å². The second-order valence-corrected chi connectivity index (χ2v) is 6.45. The lowest BCUT2D eigenvalue weighted by Crippen LogP contribution is -2.41. The Morgan fingerprint density at radius 3 is 2.68 bits per heavy atom. The lowest BCUT2D eigenvalue weighted by Gasteiger charge is -2.24. The molecule has 2 rings (SSSR count). The number of hydrogen-bond acceptors (Lipinski definition) is 3. The Labute approximate surface area is 133 Å². The van der Waals surface area contributed by atoms with E-state index in [0.717, 1.165) is 24.0 Å². The van der Waals surface area contributed by atoms with Gasteiger partial charge in [0.15, 0.2) is 17.5 Å². The fourth-order valence-corrected chi connectivity index (χ4v) is 2.28. The van der Waals surface area contributed by atoms with Gasteiger partial charge in [0.1, 0.15) is 0 Å². The highest BCUT2D eigenvalue weighted by Crippen LogP contribution is 2.36. The third-order valence-corrected chi connectivity index (χ3v) is 3.56. The number of guanidine groups is 1. The minimum absolute atomic E-state index is 0.0830. The molecule has 1 aliphatic rings. The smallest absolute Gasteiger partial charge is 0.231 e. The van der Waals surface area contributed by atoms with Crippen molar-refractivity contribution in [3.63, 3.8) is 0 Å². The van der Waals surface area contributed by atoms with E-state index in [1.165, 1.54) is 5.56 Å². The van der Waals surface area contributed by atoms with Gasteiger partial charge >= 0.3 is 0 Å². The van der Waals surface area contributed by atoms with Crippen LogP contribution in [0.5, 0.6) is 11.5 Å². The van der Waals surface area contributed by atoms with E-state index in [0.29, 0.717) is 19.4 Å². The largest absolute Gasteiger partial charge is 0.454 e. The van der Waals surface area contributed by atoms with Crippen LogP contribution in [0.4, 0.5) is 0 Å². The summed E-state index contributed by atoms with van der Waals surface area (Å²) in [6.07, 6.45) is 0. The topological polar surface area (TPSA) is 54.9 Å². The SMILES string of the molecule is CCNC(=NCC(C)(C)c1ccc2c(c1)OCO2)NC(C)C. The van der Waals surface area contributed by atoms with Crippen molar-refractivity contribution < 1.29 is 9.47 Å². The van der Waals surface area contributed by atoms with Gasteiger partial charge in [-0.25, -0.2) is 0 Å². The van der Waals surface area contributed by atoms with Gasteiger partial charge in [0.25, 0.3) is 0 Å². The highest BCUT2D eigenvalue weighted by atomic mass is 16.7. The van der Waals surface area contributed by atoms with Gasteiger partial charge in [-0.15, -0.1) is 0 Å². The fourth-order valence-electron chi connectivity index (χ4n) is 2.28. The molecule has 22 heavy (non-hydrogen) atoms. The molecule has 1 aliphatic heterocycles. The van der Waals surface area contributed by atoms with Crippen LogP contribution in [-0.2, 0) is 5.41 Å². The molecule has 2 N–H and O–H groups in total. The van der Waals surface area contributed by atoms with E-state index in [9.17, 15) is 0 Å². The van der Waals surface area contributed by atoms with E-state index in [-0.39, 0.29) is 5.41 Å². The minimum Gasteiger partial charge on any atom is -0.454 e. The molecule has 0 bridgehead atoms. The molecule has 0 aliphatic carbocycles. The minimum atomic E-state index is -0.0830. The van der Waals surface area contributed by atoms with Crippen molar-refractivity contribution >= 4 is 5.96 Å². The van der Waals surface area contributed by atoms with E-state index in [2.05, 4.69) is 57.4 Å². The highest BCUT2D eigenvalue weighted by Gasteiger charge is 2.24. The van der Waals surface area contributed by atoms with Gasteiger partial charge in [-0.05, 0) is 38.5 Å². The average molecular weight is 305 g/mol. The lowest BCUT2D eigenvalue weighted by molar-refractivity contribution is 0.174. The molecular formula is C17H27N3O2. The monoisotopic (exact) mass is 305 g/mol. The molecule has 122 valence electrons. The highest BCUT2D eigenvalue weighted by molar-refractivity contribution is 5.80. The van der Waals surface area contributed by atoms with E-state index < -0.39 is 0 Å². The van der Waals surface area contributed by atoms with Crippen molar-refractivity contribution in [2.24, 2.45) is 4.99 Å². The third-order valence-electron chi connectivity index (χ3n) is 3.56.